The molecule has 120 valence electrons. The Hall–Kier alpha value is -2.26. The Morgan fingerprint density at radius 1 is 1.50 bits per heavy atom. The lowest BCUT2D eigenvalue weighted by Gasteiger charge is -2.18. The number of nitrogens with zero attached hydrogens (tertiary/aromatic N) is 2. The highest BCUT2D eigenvalue weighted by molar-refractivity contribution is 5.73. The number of anilines is 1. The summed E-state index contributed by atoms with van der Waals surface area (Å²) in [5.74, 6) is -0.736. The molecule has 1 heterocycles. The van der Waals surface area contributed by atoms with Gasteiger partial charge in [-0.1, -0.05) is 0 Å². The SMILES string of the molecule is NC(=O)CCC1CC(Nc2ncccc2[N+](=O)[O-])C(O)C1O. The second-order valence-corrected chi connectivity index (χ2v) is 5.36. The molecule has 9 heteroatoms. The Morgan fingerprint density at radius 3 is 2.86 bits per heavy atom. The number of primary amides is 1. The van der Waals surface area contributed by atoms with E-state index in [1.165, 1.54) is 18.3 Å². The summed E-state index contributed by atoms with van der Waals surface area (Å²) in [6, 6.07) is 2.16. The van der Waals surface area contributed by atoms with E-state index in [1.807, 2.05) is 0 Å². The molecule has 9 nitrogen and oxygen atoms in total. The minimum Gasteiger partial charge on any atom is -0.390 e. The second-order valence-electron chi connectivity index (χ2n) is 5.36. The van der Waals surface area contributed by atoms with Crippen LogP contribution >= 0.6 is 0 Å². The van der Waals surface area contributed by atoms with Gasteiger partial charge in [-0.15, -0.1) is 0 Å². The van der Waals surface area contributed by atoms with Crippen molar-refractivity contribution in [2.75, 3.05) is 5.32 Å². The zero-order chi connectivity index (χ0) is 16.3. The molecule has 0 aliphatic heterocycles. The fraction of sp³-hybridized carbons (Fsp3) is 0.538. The topological polar surface area (TPSA) is 152 Å². The van der Waals surface area contributed by atoms with Crippen molar-refractivity contribution in [3.8, 4) is 0 Å². The summed E-state index contributed by atoms with van der Waals surface area (Å²) < 4.78 is 0. The van der Waals surface area contributed by atoms with Crippen LogP contribution in [-0.4, -0.2) is 44.3 Å². The maximum absolute atomic E-state index is 10.9. The van der Waals surface area contributed by atoms with Crippen LogP contribution in [0.4, 0.5) is 11.5 Å². The van der Waals surface area contributed by atoms with E-state index in [-0.39, 0.29) is 23.8 Å². The number of carbonyl (C=O) groups is 1. The number of hydrogen-bond acceptors (Lipinski definition) is 7. The molecule has 4 atom stereocenters. The van der Waals surface area contributed by atoms with Gasteiger partial charge in [0.05, 0.1) is 17.1 Å². The number of nitrogens with two attached hydrogens (primary N) is 1. The van der Waals surface area contributed by atoms with E-state index in [4.69, 9.17) is 5.73 Å². The quantitative estimate of drug-likeness (QED) is 0.418. The molecular formula is C13H18N4O5. The number of aliphatic hydroxyl groups excluding tert-OH is 2. The van der Waals surface area contributed by atoms with Crippen molar-refractivity contribution >= 4 is 17.4 Å². The number of carbonyl (C=O) groups excluding carboxylic acids is 1. The number of amides is 1. The molecule has 2 rings (SSSR count). The molecule has 1 aliphatic carbocycles. The van der Waals surface area contributed by atoms with E-state index < -0.39 is 29.1 Å². The first kappa shape index (κ1) is 16.1. The van der Waals surface area contributed by atoms with Crippen molar-refractivity contribution in [3.05, 3.63) is 28.4 Å². The van der Waals surface area contributed by atoms with Gasteiger partial charge < -0.3 is 21.3 Å². The van der Waals surface area contributed by atoms with Crippen LogP contribution in [0.15, 0.2) is 18.3 Å². The largest absolute Gasteiger partial charge is 0.390 e. The highest BCUT2D eigenvalue weighted by Crippen LogP contribution is 2.33. The molecule has 1 fully saturated rings. The molecule has 0 aromatic carbocycles. The molecule has 0 radical (unpaired) electrons. The van der Waals surface area contributed by atoms with Gasteiger partial charge in [-0.3, -0.25) is 14.9 Å². The summed E-state index contributed by atoms with van der Waals surface area (Å²) in [5, 5.41) is 33.8. The number of aromatic nitrogens is 1. The van der Waals surface area contributed by atoms with Crippen LogP contribution < -0.4 is 11.1 Å². The lowest BCUT2D eigenvalue weighted by Crippen LogP contribution is -2.35. The van der Waals surface area contributed by atoms with Crippen LogP contribution in [0.5, 0.6) is 0 Å². The summed E-state index contributed by atoms with van der Waals surface area (Å²) in [6.07, 6.45) is 0.126. The number of aliphatic hydroxyl groups is 2. The molecule has 1 aromatic rings. The molecule has 0 spiro atoms. The van der Waals surface area contributed by atoms with E-state index in [9.17, 15) is 25.1 Å². The fourth-order valence-corrected chi connectivity index (χ4v) is 2.71. The average Bonchev–Trinajstić information content (AvgIpc) is 2.73. The van der Waals surface area contributed by atoms with Gasteiger partial charge in [0.2, 0.25) is 11.7 Å². The zero-order valence-electron chi connectivity index (χ0n) is 11.8. The summed E-state index contributed by atoms with van der Waals surface area (Å²) >= 11 is 0. The van der Waals surface area contributed by atoms with Gasteiger partial charge in [0, 0.05) is 18.7 Å². The Bertz CT molecular complexity index is 567. The Labute approximate surface area is 126 Å². The maximum atomic E-state index is 10.9. The Kier molecular flexibility index (Phi) is 4.88. The molecule has 1 amide bonds. The fourth-order valence-electron chi connectivity index (χ4n) is 2.71. The van der Waals surface area contributed by atoms with E-state index in [1.54, 1.807) is 0 Å². The van der Waals surface area contributed by atoms with Gasteiger partial charge in [-0.25, -0.2) is 4.98 Å². The minimum absolute atomic E-state index is 0.0410. The molecule has 0 saturated heterocycles. The number of rotatable bonds is 6. The maximum Gasteiger partial charge on any atom is 0.311 e. The molecule has 0 bridgehead atoms. The van der Waals surface area contributed by atoms with E-state index in [0.29, 0.717) is 12.8 Å². The summed E-state index contributed by atoms with van der Waals surface area (Å²) in [5.41, 5.74) is 4.87. The van der Waals surface area contributed by atoms with Crippen LogP contribution in [-0.2, 0) is 4.79 Å². The molecule has 1 aromatic heterocycles. The van der Waals surface area contributed by atoms with Crippen LogP contribution in [0.1, 0.15) is 19.3 Å². The first-order valence-corrected chi connectivity index (χ1v) is 6.90. The first-order valence-electron chi connectivity index (χ1n) is 6.90. The molecule has 5 N–H and O–H groups in total. The molecular weight excluding hydrogens is 292 g/mol. The molecule has 22 heavy (non-hydrogen) atoms. The van der Waals surface area contributed by atoms with Crippen molar-refractivity contribution in [1.82, 2.24) is 4.98 Å². The van der Waals surface area contributed by atoms with E-state index in [2.05, 4.69) is 10.3 Å². The lowest BCUT2D eigenvalue weighted by atomic mass is 9.99. The van der Waals surface area contributed by atoms with Crippen molar-refractivity contribution in [2.24, 2.45) is 11.7 Å². The highest BCUT2D eigenvalue weighted by atomic mass is 16.6. The summed E-state index contributed by atoms with van der Waals surface area (Å²) in [4.78, 5) is 25.1. The van der Waals surface area contributed by atoms with Crippen molar-refractivity contribution in [1.29, 1.82) is 0 Å². The predicted molar refractivity (Wildman–Crippen MR) is 76.9 cm³/mol. The Balaban J connectivity index is 2.07. The predicted octanol–water partition coefficient (Wildman–Crippen LogP) is -0.223. The lowest BCUT2D eigenvalue weighted by molar-refractivity contribution is -0.384. The van der Waals surface area contributed by atoms with Crippen LogP contribution in [0.25, 0.3) is 0 Å². The van der Waals surface area contributed by atoms with Gasteiger partial charge >= 0.3 is 5.69 Å². The number of nitro groups is 1. The van der Waals surface area contributed by atoms with Crippen molar-refractivity contribution < 1.29 is 19.9 Å². The Morgan fingerprint density at radius 2 is 2.23 bits per heavy atom. The summed E-state index contributed by atoms with van der Waals surface area (Å²) in [6.45, 7) is 0. The van der Waals surface area contributed by atoms with Crippen LogP contribution in [0, 0.1) is 16.0 Å². The van der Waals surface area contributed by atoms with Gasteiger partial charge in [0.1, 0.15) is 6.10 Å². The van der Waals surface area contributed by atoms with Crippen LogP contribution in [0.2, 0.25) is 0 Å². The van der Waals surface area contributed by atoms with Crippen molar-refractivity contribution in [3.63, 3.8) is 0 Å². The first-order chi connectivity index (χ1) is 10.4. The van der Waals surface area contributed by atoms with Gasteiger partial charge in [0.15, 0.2) is 0 Å². The van der Waals surface area contributed by atoms with Crippen LogP contribution in [0.3, 0.4) is 0 Å². The minimum atomic E-state index is -1.10. The van der Waals surface area contributed by atoms with Gasteiger partial charge in [0.25, 0.3) is 0 Å². The van der Waals surface area contributed by atoms with E-state index in [0.717, 1.165) is 0 Å². The third kappa shape index (κ3) is 3.49. The van der Waals surface area contributed by atoms with E-state index >= 15 is 0 Å². The van der Waals surface area contributed by atoms with Crippen molar-refractivity contribution in [2.45, 2.75) is 37.5 Å². The smallest absolute Gasteiger partial charge is 0.311 e. The molecule has 4 unspecified atom stereocenters. The number of hydrogen-bond donors (Lipinski definition) is 4. The third-order valence-electron chi connectivity index (χ3n) is 3.87. The average molecular weight is 310 g/mol. The number of pyridine rings is 1. The summed E-state index contributed by atoms with van der Waals surface area (Å²) in [7, 11) is 0. The normalized spacial score (nSPS) is 27.5. The number of nitrogens with one attached hydrogen (secondary N) is 1. The highest BCUT2D eigenvalue weighted by Gasteiger charge is 2.41. The monoisotopic (exact) mass is 310 g/mol. The molecule has 1 saturated carbocycles. The zero-order valence-corrected chi connectivity index (χ0v) is 11.8. The third-order valence-corrected chi connectivity index (χ3v) is 3.87. The molecule has 1 aliphatic rings. The second kappa shape index (κ2) is 6.67. The van der Waals surface area contributed by atoms with Gasteiger partial charge in [-0.2, -0.15) is 0 Å². The standard InChI is InChI=1S/C13H18N4O5/c14-10(18)4-3-7-6-8(12(20)11(7)19)16-13-9(17(21)22)2-1-5-15-13/h1-2,5,7-8,11-12,19-20H,3-4,6H2,(H2,14,18)(H,15,16). The van der Waals surface area contributed by atoms with Gasteiger partial charge in [-0.05, 0) is 24.8 Å².